The Morgan fingerprint density at radius 3 is 2.45 bits per heavy atom. The number of aliphatic hydroxyl groups excluding tert-OH is 1. The van der Waals surface area contributed by atoms with Crippen LogP contribution in [0, 0.1) is 5.41 Å². The molecule has 122 valence electrons. The lowest BCUT2D eigenvalue weighted by molar-refractivity contribution is 0.122. The summed E-state index contributed by atoms with van der Waals surface area (Å²) in [4.78, 5) is 0. The molecule has 0 saturated heterocycles. The van der Waals surface area contributed by atoms with Gasteiger partial charge in [0.15, 0.2) is 0 Å². The van der Waals surface area contributed by atoms with Crippen molar-refractivity contribution in [1.82, 2.24) is 0 Å². The number of hydrogen-bond acceptors (Lipinski definition) is 2. The number of ether oxygens (including phenoxy) is 1. The second-order valence-corrected chi connectivity index (χ2v) is 6.40. The molecular weight excluding hydrogens is 272 g/mol. The molecule has 0 amide bonds. The first-order valence-electron chi connectivity index (χ1n) is 8.08. The summed E-state index contributed by atoms with van der Waals surface area (Å²) in [6, 6.07) is 7.71. The van der Waals surface area contributed by atoms with Gasteiger partial charge in [-0.05, 0) is 63.1 Å². The van der Waals surface area contributed by atoms with E-state index in [0.717, 1.165) is 24.2 Å². The zero-order valence-corrected chi connectivity index (χ0v) is 14.4. The van der Waals surface area contributed by atoms with E-state index in [1.807, 2.05) is 37.3 Å². The van der Waals surface area contributed by atoms with Crippen molar-refractivity contribution in [2.75, 3.05) is 6.61 Å². The minimum atomic E-state index is -0.481. The van der Waals surface area contributed by atoms with E-state index in [1.165, 1.54) is 5.57 Å². The highest BCUT2D eigenvalue weighted by Crippen LogP contribution is 2.36. The molecule has 0 saturated carbocycles. The average molecular weight is 302 g/mol. The van der Waals surface area contributed by atoms with Crippen molar-refractivity contribution >= 4 is 0 Å². The Kier molecular flexibility index (Phi) is 7.40. The largest absolute Gasteiger partial charge is 0.494 e. The second kappa shape index (κ2) is 8.79. The van der Waals surface area contributed by atoms with Crippen molar-refractivity contribution in [1.29, 1.82) is 0 Å². The van der Waals surface area contributed by atoms with Crippen LogP contribution in [-0.4, -0.2) is 11.7 Å². The summed E-state index contributed by atoms with van der Waals surface area (Å²) in [6.45, 7) is 13.0. The van der Waals surface area contributed by atoms with Crippen LogP contribution in [0.1, 0.15) is 58.6 Å². The van der Waals surface area contributed by atoms with Gasteiger partial charge in [-0.3, -0.25) is 0 Å². The molecule has 1 rings (SSSR count). The van der Waals surface area contributed by atoms with Crippen LogP contribution < -0.4 is 4.74 Å². The van der Waals surface area contributed by atoms with E-state index in [9.17, 15) is 5.11 Å². The van der Waals surface area contributed by atoms with E-state index < -0.39 is 6.10 Å². The number of benzene rings is 1. The zero-order valence-electron chi connectivity index (χ0n) is 14.4. The van der Waals surface area contributed by atoms with Crippen LogP contribution in [0.3, 0.4) is 0 Å². The third-order valence-electron chi connectivity index (χ3n) is 4.00. The van der Waals surface area contributed by atoms with E-state index in [4.69, 9.17) is 4.74 Å². The molecule has 1 aromatic carbocycles. The van der Waals surface area contributed by atoms with Gasteiger partial charge in [0.2, 0.25) is 0 Å². The number of allylic oxidation sites excluding steroid dienone is 3. The normalized spacial score (nSPS) is 14.8. The molecule has 22 heavy (non-hydrogen) atoms. The van der Waals surface area contributed by atoms with E-state index in [2.05, 4.69) is 33.4 Å². The van der Waals surface area contributed by atoms with Gasteiger partial charge < -0.3 is 9.84 Å². The van der Waals surface area contributed by atoms with E-state index in [0.29, 0.717) is 13.0 Å². The van der Waals surface area contributed by atoms with Crippen LogP contribution in [0.2, 0.25) is 0 Å². The molecule has 1 aromatic rings. The quantitative estimate of drug-likeness (QED) is 0.615. The van der Waals surface area contributed by atoms with Crippen molar-refractivity contribution in [3.05, 3.63) is 54.1 Å². The van der Waals surface area contributed by atoms with Crippen molar-refractivity contribution in [3.8, 4) is 5.75 Å². The summed E-state index contributed by atoms with van der Waals surface area (Å²) in [5.41, 5.74) is 2.20. The lowest BCUT2D eigenvalue weighted by Gasteiger charge is -2.28. The van der Waals surface area contributed by atoms with E-state index in [1.54, 1.807) is 0 Å². The van der Waals surface area contributed by atoms with Crippen LogP contribution in [0.15, 0.2) is 48.6 Å². The predicted octanol–water partition coefficient (Wildman–Crippen LogP) is 5.45. The first-order chi connectivity index (χ1) is 10.4. The summed E-state index contributed by atoms with van der Waals surface area (Å²) < 4.78 is 5.43. The zero-order chi connectivity index (χ0) is 16.6. The topological polar surface area (TPSA) is 29.5 Å². The standard InChI is InChI=1S/C20H30O2/c1-6-20(5,14-8-9-16(3)4)15-19(21)17-10-12-18(13-11-17)22-7-2/h6,9-13,19,21H,1,7-8,14-15H2,2-5H3. The maximum atomic E-state index is 10.5. The Balaban J connectivity index is 2.68. The Bertz CT molecular complexity index is 483. The maximum absolute atomic E-state index is 10.5. The van der Waals surface area contributed by atoms with Crippen molar-refractivity contribution in [2.45, 2.75) is 53.1 Å². The van der Waals surface area contributed by atoms with Gasteiger partial charge in [0.1, 0.15) is 5.75 Å². The summed E-state index contributed by atoms with van der Waals surface area (Å²) >= 11 is 0. The summed E-state index contributed by atoms with van der Waals surface area (Å²) in [5, 5.41) is 10.5. The molecule has 0 aliphatic heterocycles. The van der Waals surface area contributed by atoms with Gasteiger partial charge in [-0.15, -0.1) is 6.58 Å². The molecule has 0 spiro atoms. The van der Waals surface area contributed by atoms with Gasteiger partial charge in [0.05, 0.1) is 12.7 Å². The second-order valence-electron chi connectivity index (χ2n) is 6.40. The summed E-state index contributed by atoms with van der Waals surface area (Å²) in [7, 11) is 0. The van der Waals surface area contributed by atoms with Crippen molar-refractivity contribution < 1.29 is 9.84 Å². The highest BCUT2D eigenvalue weighted by molar-refractivity contribution is 5.28. The first kappa shape index (κ1) is 18.5. The summed E-state index contributed by atoms with van der Waals surface area (Å²) in [6.07, 6.45) is 6.43. The van der Waals surface area contributed by atoms with Crippen LogP contribution in [-0.2, 0) is 0 Å². The van der Waals surface area contributed by atoms with Gasteiger partial charge in [0, 0.05) is 0 Å². The lowest BCUT2D eigenvalue weighted by Crippen LogP contribution is -2.17. The Morgan fingerprint density at radius 2 is 1.95 bits per heavy atom. The van der Waals surface area contributed by atoms with E-state index in [-0.39, 0.29) is 5.41 Å². The van der Waals surface area contributed by atoms with Crippen molar-refractivity contribution in [2.24, 2.45) is 5.41 Å². The molecule has 2 atom stereocenters. The number of aliphatic hydroxyl groups is 1. The monoisotopic (exact) mass is 302 g/mol. The molecular formula is C20H30O2. The third kappa shape index (κ3) is 6.07. The van der Waals surface area contributed by atoms with E-state index >= 15 is 0 Å². The molecule has 2 heteroatoms. The average Bonchev–Trinajstić information content (AvgIpc) is 2.48. The Labute approximate surface area is 135 Å². The smallest absolute Gasteiger partial charge is 0.119 e. The molecule has 0 fully saturated rings. The van der Waals surface area contributed by atoms with Crippen LogP contribution >= 0.6 is 0 Å². The van der Waals surface area contributed by atoms with Gasteiger partial charge in [-0.25, -0.2) is 0 Å². The number of rotatable bonds is 9. The highest BCUT2D eigenvalue weighted by Gasteiger charge is 2.24. The third-order valence-corrected chi connectivity index (χ3v) is 4.00. The van der Waals surface area contributed by atoms with Crippen LogP contribution in [0.5, 0.6) is 5.75 Å². The molecule has 0 aromatic heterocycles. The van der Waals surface area contributed by atoms with Crippen LogP contribution in [0.4, 0.5) is 0 Å². The fourth-order valence-corrected chi connectivity index (χ4v) is 2.49. The van der Waals surface area contributed by atoms with Gasteiger partial charge >= 0.3 is 0 Å². The van der Waals surface area contributed by atoms with Gasteiger partial charge in [-0.1, -0.05) is 36.8 Å². The summed E-state index contributed by atoms with van der Waals surface area (Å²) in [5.74, 6) is 0.841. The van der Waals surface area contributed by atoms with Gasteiger partial charge in [-0.2, -0.15) is 0 Å². The lowest BCUT2D eigenvalue weighted by atomic mass is 9.79. The fourth-order valence-electron chi connectivity index (χ4n) is 2.49. The molecule has 1 N–H and O–H groups in total. The highest BCUT2D eigenvalue weighted by atomic mass is 16.5. The maximum Gasteiger partial charge on any atom is 0.119 e. The Morgan fingerprint density at radius 1 is 1.32 bits per heavy atom. The Hall–Kier alpha value is -1.54. The molecule has 0 aliphatic rings. The minimum absolute atomic E-state index is 0.0655. The van der Waals surface area contributed by atoms with Crippen molar-refractivity contribution in [3.63, 3.8) is 0 Å². The molecule has 2 unspecified atom stereocenters. The first-order valence-corrected chi connectivity index (χ1v) is 8.08. The molecule has 0 aliphatic carbocycles. The van der Waals surface area contributed by atoms with Gasteiger partial charge in [0.25, 0.3) is 0 Å². The van der Waals surface area contributed by atoms with Crippen LogP contribution in [0.25, 0.3) is 0 Å². The molecule has 0 radical (unpaired) electrons. The SMILES string of the molecule is C=CC(C)(CCC=C(C)C)CC(O)c1ccc(OCC)cc1. The fraction of sp³-hybridized carbons (Fsp3) is 0.500. The molecule has 2 nitrogen and oxygen atoms in total. The molecule has 0 heterocycles. The molecule has 0 bridgehead atoms. The predicted molar refractivity (Wildman–Crippen MR) is 94.2 cm³/mol. The number of hydrogen-bond donors (Lipinski definition) is 1. The minimum Gasteiger partial charge on any atom is -0.494 e.